The Kier molecular flexibility index (Phi) is 0.974. The van der Waals surface area contributed by atoms with Gasteiger partial charge in [0.05, 0.1) is 6.20 Å². The zero-order chi connectivity index (χ0) is 7.84. The maximum absolute atomic E-state index is 10.2. The molecule has 2 aromatic rings. The predicted octanol–water partition coefficient (Wildman–Crippen LogP) is 0.247. The number of hydrogen-bond acceptors (Lipinski definition) is 4. The van der Waals surface area contributed by atoms with Crippen molar-refractivity contribution in [2.45, 2.75) is 0 Å². The molecule has 0 aliphatic rings. The van der Waals surface area contributed by atoms with Gasteiger partial charge in [0, 0.05) is 12.4 Å². The van der Waals surface area contributed by atoms with Gasteiger partial charge >= 0.3 is 0 Å². The van der Waals surface area contributed by atoms with Crippen LogP contribution < -0.4 is 5.84 Å². The van der Waals surface area contributed by atoms with Crippen LogP contribution >= 0.6 is 0 Å². The number of nitroso groups, excluding NO2 is 1. The summed E-state index contributed by atoms with van der Waals surface area (Å²) in [4.78, 5) is 10.2. The van der Waals surface area contributed by atoms with Crippen molar-refractivity contribution >= 4 is 11.3 Å². The molecule has 0 spiro atoms. The summed E-state index contributed by atoms with van der Waals surface area (Å²) in [5.74, 6) is 5.45. The van der Waals surface area contributed by atoms with E-state index in [0.717, 1.165) is 0 Å². The number of fused-ring (bicyclic) bond motifs is 1. The van der Waals surface area contributed by atoms with Gasteiger partial charge in [-0.25, -0.2) is 9.19 Å². The Labute approximate surface area is 61.2 Å². The maximum Gasteiger partial charge on any atom is 0.183 e. The van der Waals surface area contributed by atoms with E-state index in [2.05, 4.69) is 10.3 Å². The number of hydrogen-bond donors (Lipinski definition) is 1. The monoisotopic (exact) mass is 151 g/mol. The fourth-order valence-corrected chi connectivity index (χ4v) is 0.976. The summed E-state index contributed by atoms with van der Waals surface area (Å²) in [5, 5.41) is 6.59. The SMILES string of the molecule is Nn1ccn2ncc(N=O)c12. The average molecular weight is 151 g/mol. The number of rotatable bonds is 1. The summed E-state index contributed by atoms with van der Waals surface area (Å²) >= 11 is 0. The summed E-state index contributed by atoms with van der Waals surface area (Å²) in [6.07, 6.45) is 4.60. The van der Waals surface area contributed by atoms with Gasteiger partial charge in [-0.3, -0.25) is 0 Å². The first-order valence-electron chi connectivity index (χ1n) is 2.96. The van der Waals surface area contributed by atoms with E-state index in [1.807, 2.05) is 0 Å². The molecule has 2 heterocycles. The first-order chi connectivity index (χ1) is 5.33. The van der Waals surface area contributed by atoms with Crippen molar-refractivity contribution < 1.29 is 0 Å². The smallest absolute Gasteiger partial charge is 0.183 e. The van der Waals surface area contributed by atoms with Crippen molar-refractivity contribution in [3.05, 3.63) is 23.5 Å². The summed E-state index contributed by atoms with van der Waals surface area (Å²) in [6.45, 7) is 0. The van der Waals surface area contributed by atoms with Gasteiger partial charge in [-0.2, -0.15) is 5.10 Å². The second-order valence-corrected chi connectivity index (χ2v) is 2.09. The third-order valence-corrected chi connectivity index (χ3v) is 1.46. The van der Waals surface area contributed by atoms with E-state index in [-0.39, 0.29) is 5.69 Å². The molecule has 56 valence electrons. The van der Waals surface area contributed by atoms with Crippen molar-refractivity contribution in [2.75, 3.05) is 5.84 Å². The van der Waals surface area contributed by atoms with Crippen molar-refractivity contribution in [2.24, 2.45) is 5.18 Å². The fourth-order valence-electron chi connectivity index (χ4n) is 0.976. The van der Waals surface area contributed by atoms with E-state index in [1.165, 1.54) is 15.4 Å². The maximum atomic E-state index is 10.2. The molecule has 2 aromatic heterocycles. The van der Waals surface area contributed by atoms with Gasteiger partial charge in [-0.1, -0.05) is 0 Å². The van der Waals surface area contributed by atoms with Crippen LogP contribution in [0.4, 0.5) is 5.69 Å². The molecule has 0 aliphatic heterocycles. The molecule has 2 rings (SSSR count). The molecule has 0 amide bonds. The van der Waals surface area contributed by atoms with Crippen molar-refractivity contribution in [3.8, 4) is 0 Å². The van der Waals surface area contributed by atoms with Crippen LogP contribution in [0.5, 0.6) is 0 Å². The van der Waals surface area contributed by atoms with E-state index in [4.69, 9.17) is 5.84 Å². The van der Waals surface area contributed by atoms with Crippen LogP contribution in [0.3, 0.4) is 0 Å². The zero-order valence-corrected chi connectivity index (χ0v) is 5.51. The van der Waals surface area contributed by atoms with Crippen LogP contribution in [0.25, 0.3) is 5.65 Å². The van der Waals surface area contributed by atoms with Crippen LogP contribution in [0.1, 0.15) is 0 Å². The number of nitrogens with two attached hydrogens (primary N) is 1. The predicted molar refractivity (Wildman–Crippen MR) is 38.8 cm³/mol. The highest BCUT2D eigenvalue weighted by atomic mass is 16.3. The third-order valence-electron chi connectivity index (χ3n) is 1.46. The van der Waals surface area contributed by atoms with Crippen molar-refractivity contribution in [1.82, 2.24) is 14.3 Å². The molecule has 0 aromatic carbocycles. The molecule has 0 saturated heterocycles. The van der Waals surface area contributed by atoms with Crippen LogP contribution in [-0.2, 0) is 0 Å². The fraction of sp³-hybridized carbons (Fsp3) is 0. The number of aromatic nitrogens is 3. The van der Waals surface area contributed by atoms with E-state index in [0.29, 0.717) is 5.65 Å². The number of imidazole rings is 1. The van der Waals surface area contributed by atoms with E-state index in [1.54, 1.807) is 12.4 Å². The van der Waals surface area contributed by atoms with E-state index in [9.17, 15) is 4.91 Å². The summed E-state index contributed by atoms with van der Waals surface area (Å²) in [5.41, 5.74) is 0.748. The van der Waals surface area contributed by atoms with Gasteiger partial charge in [-0.15, -0.1) is 4.91 Å². The molecule has 0 radical (unpaired) electrons. The molecule has 0 aliphatic carbocycles. The van der Waals surface area contributed by atoms with Gasteiger partial charge < -0.3 is 5.84 Å². The van der Waals surface area contributed by atoms with Gasteiger partial charge in [0.25, 0.3) is 0 Å². The molecule has 0 atom stereocenters. The summed E-state index contributed by atoms with van der Waals surface area (Å²) in [6, 6.07) is 0. The second kappa shape index (κ2) is 1.82. The number of nitrogen functional groups attached to an aromatic ring is 1. The minimum absolute atomic E-state index is 0.248. The molecule has 0 fully saturated rings. The lowest BCUT2D eigenvalue weighted by atomic mass is 10.6. The van der Waals surface area contributed by atoms with Gasteiger partial charge in [0.2, 0.25) is 0 Å². The molecule has 6 nitrogen and oxygen atoms in total. The lowest BCUT2D eigenvalue weighted by molar-refractivity contribution is 0.958. The highest BCUT2D eigenvalue weighted by molar-refractivity contribution is 5.63. The average Bonchev–Trinajstić information content (AvgIpc) is 2.54. The molecule has 0 bridgehead atoms. The summed E-state index contributed by atoms with van der Waals surface area (Å²) < 4.78 is 2.78. The van der Waals surface area contributed by atoms with Crippen LogP contribution in [-0.4, -0.2) is 14.3 Å². The molecule has 6 heteroatoms. The highest BCUT2D eigenvalue weighted by Gasteiger charge is 2.06. The number of nitrogens with zero attached hydrogens (tertiary/aromatic N) is 4. The Hall–Kier alpha value is -1.85. The highest BCUT2D eigenvalue weighted by Crippen LogP contribution is 2.17. The molecule has 0 unspecified atom stereocenters. The van der Waals surface area contributed by atoms with Gasteiger partial charge in [0.15, 0.2) is 11.3 Å². The Morgan fingerprint density at radius 3 is 3.09 bits per heavy atom. The Morgan fingerprint density at radius 1 is 1.55 bits per heavy atom. The summed E-state index contributed by atoms with van der Waals surface area (Å²) in [7, 11) is 0. The van der Waals surface area contributed by atoms with Crippen LogP contribution in [0.15, 0.2) is 23.8 Å². The zero-order valence-electron chi connectivity index (χ0n) is 5.51. The first kappa shape index (κ1) is 5.90. The molecular formula is C5H5N5O. The first-order valence-corrected chi connectivity index (χ1v) is 2.96. The minimum Gasteiger partial charge on any atom is -0.338 e. The van der Waals surface area contributed by atoms with Crippen LogP contribution in [0.2, 0.25) is 0 Å². The van der Waals surface area contributed by atoms with Gasteiger partial charge in [0.1, 0.15) is 0 Å². The Bertz CT molecular complexity index is 400. The molecule has 11 heavy (non-hydrogen) atoms. The standard InChI is InChI=1S/C5H5N5O/c6-9-1-2-10-5(9)4(8-11)3-7-10/h1-3H,6H2. The molecule has 0 saturated carbocycles. The van der Waals surface area contributed by atoms with Crippen molar-refractivity contribution in [3.63, 3.8) is 0 Å². The largest absolute Gasteiger partial charge is 0.338 e. The van der Waals surface area contributed by atoms with Gasteiger partial charge in [-0.05, 0) is 5.18 Å². The van der Waals surface area contributed by atoms with Crippen LogP contribution in [0, 0.1) is 4.91 Å². The van der Waals surface area contributed by atoms with Crippen molar-refractivity contribution in [1.29, 1.82) is 0 Å². The van der Waals surface area contributed by atoms with E-state index >= 15 is 0 Å². The quantitative estimate of drug-likeness (QED) is 0.468. The topological polar surface area (TPSA) is 77.7 Å². The lowest BCUT2D eigenvalue weighted by Gasteiger charge is -1.89. The molecule has 2 N–H and O–H groups in total. The van der Waals surface area contributed by atoms with E-state index < -0.39 is 0 Å². The Morgan fingerprint density at radius 2 is 2.36 bits per heavy atom. The lowest BCUT2D eigenvalue weighted by Crippen LogP contribution is -2.05. The molecular weight excluding hydrogens is 146 g/mol. The Balaban J connectivity index is 2.90. The normalized spacial score (nSPS) is 10.5. The third kappa shape index (κ3) is 0.628. The minimum atomic E-state index is 0.248. The second-order valence-electron chi connectivity index (χ2n) is 2.09.